The third kappa shape index (κ3) is 5.03. The van der Waals surface area contributed by atoms with E-state index in [0.29, 0.717) is 11.1 Å². The molecule has 1 amide bonds. The van der Waals surface area contributed by atoms with E-state index in [0.717, 1.165) is 17.7 Å². The summed E-state index contributed by atoms with van der Waals surface area (Å²) in [5, 5.41) is 3.17. The lowest BCUT2D eigenvalue weighted by atomic mass is 10.1. The Morgan fingerprint density at radius 3 is 2.46 bits per heavy atom. The van der Waals surface area contributed by atoms with Gasteiger partial charge in [0.2, 0.25) is 0 Å². The quantitative estimate of drug-likeness (QED) is 0.835. The molecule has 0 aliphatic carbocycles. The van der Waals surface area contributed by atoms with Crippen LogP contribution in [0, 0.1) is 11.6 Å². The number of hydrogen-bond acceptors (Lipinski definition) is 3. The van der Waals surface area contributed by atoms with E-state index in [9.17, 15) is 18.4 Å². The lowest BCUT2D eigenvalue weighted by Crippen LogP contribution is -2.31. The number of ether oxygens (including phenoxy) is 1. The maximum atomic E-state index is 13.0. The number of rotatable bonds is 5. The molecule has 0 aliphatic rings. The molecular formula is C17H14ClF2NO3. The van der Waals surface area contributed by atoms with Gasteiger partial charge in [0.1, 0.15) is 11.6 Å². The SMILES string of the molecule is C[C@@H](NC(=O)COC(=O)c1cc(F)cc(F)c1)c1cccc(Cl)c1. The second-order valence-electron chi connectivity index (χ2n) is 5.08. The highest BCUT2D eigenvalue weighted by molar-refractivity contribution is 6.30. The number of carbonyl (C=O) groups excluding carboxylic acids is 2. The maximum absolute atomic E-state index is 13.0. The van der Waals surface area contributed by atoms with Crippen LogP contribution in [0.4, 0.5) is 8.78 Å². The first-order valence-corrected chi connectivity index (χ1v) is 7.41. The number of carbonyl (C=O) groups is 2. The van der Waals surface area contributed by atoms with Crippen molar-refractivity contribution in [1.82, 2.24) is 5.32 Å². The molecule has 2 aromatic rings. The van der Waals surface area contributed by atoms with E-state index >= 15 is 0 Å². The molecule has 24 heavy (non-hydrogen) atoms. The monoisotopic (exact) mass is 353 g/mol. The molecule has 1 atom stereocenters. The van der Waals surface area contributed by atoms with Gasteiger partial charge in [0.25, 0.3) is 5.91 Å². The first-order valence-electron chi connectivity index (χ1n) is 7.03. The highest BCUT2D eigenvalue weighted by Crippen LogP contribution is 2.17. The van der Waals surface area contributed by atoms with Crippen LogP contribution >= 0.6 is 11.6 Å². The van der Waals surface area contributed by atoms with Gasteiger partial charge in [-0.3, -0.25) is 4.79 Å². The summed E-state index contributed by atoms with van der Waals surface area (Å²) in [7, 11) is 0. The summed E-state index contributed by atoms with van der Waals surface area (Å²) in [6, 6.07) is 8.90. The molecular weight excluding hydrogens is 340 g/mol. The van der Waals surface area contributed by atoms with Crippen molar-refractivity contribution in [3.05, 3.63) is 70.2 Å². The summed E-state index contributed by atoms with van der Waals surface area (Å²) >= 11 is 5.88. The molecule has 0 bridgehead atoms. The van der Waals surface area contributed by atoms with Gasteiger partial charge in [-0.25, -0.2) is 13.6 Å². The Labute approximate surface area is 142 Å². The van der Waals surface area contributed by atoms with Crippen molar-refractivity contribution in [1.29, 1.82) is 0 Å². The standard InChI is InChI=1S/C17H14ClF2NO3/c1-10(11-3-2-4-13(18)5-11)21-16(22)9-24-17(23)12-6-14(19)8-15(20)7-12/h2-8,10H,9H2,1H3,(H,21,22)/t10-/m1/s1. The number of halogens is 3. The molecule has 7 heteroatoms. The predicted octanol–water partition coefficient (Wildman–Crippen LogP) is 3.65. The minimum absolute atomic E-state index is 0.303. The first kappa shape index (κ1) is 17.9. The van der Waals surface area contributed by atoms with Crippen LogP contribution in [0.2, 0.25) is 5.02 Å². The summed E-state index contributed by atoms with van der Waals surface area (Å²) in [5.41, 5.74) is 0.484. The van der Waals surface area contributed by atoms with Crippen LogP contribution in [0.5, 0.6) is 0 Å². The fourth-order valence-electron chi connectivity index (χ4n) is 2.03. The highest BCUT2D eigenvalue weighted by atomic mass is 35.5. The van der Waals surface area contributed by atoms with Gasteiger partial charge in [0, 0.05) is 11.1 Å². The van der Waals surface area contributed by atoms with Gasteiger partial charge in [-0.1, -0.05) is 23.7 Å². The summed E-state index contributed by atoms with van der Waals surface area (Å²) in [6.45, 7) is 1.18. The Morgan fingerprint density at radius 1 is 1.17 bits per heavy atom. The first-order chi connectivity index (χ1) is 11.3. The second-order valence-corrected chi connectivity index (χ2v) is 5.51. The molecule has 0 aliphatic heterocycles. The highest BCUT2D eigenvalue weighted by Gasteiger charge is 2.14. The van der Waals surface area contributed by atoms with E-state index in [1.165, 1.54) is 0 Å². The maximum Gasteiger partial charge on any atom is 0.338 e. The Bertz CT molecular complexity index is 747. The Morgan fingerprint density at radius 2 is 1.83 bits per heavy atom. The molecule has 2 aromatic carbocycles. The fraction of sp³-hybridized carbons (Fsp3) is 0.176. The molecule has 4 nitrogen and oxygen atoms in total. The van der Waals surface area contributed by atoms with Crippen molar-refractivity contribution in [3.63, 3.8) is 0 Å². The van der Waals surface area contributed by atoms with Crippen molar-refractivity contribution in [3.8, 4) is 0 Å². The summed E-state index contributed by atoms with van der Waals surface area (Å²) in [4.78, 5) is 23.5. The van der Waals surface area contributed by atoms with Crippen LogP contribution in [0.1, 0.15) is 28.9 Å². The number of nitrogens with one attached hydrogen (secondary N) is 1. The molecule has 2 rings (SSSR count). The lowest BCUT2D eigenvalue weighted by Gasteiger charge is -2.14. The predicted molar refractivity (Wildman–Crippen MR) is 84.7 cm³/mol. The van der Waals surface area contributed by atoms with Gasteiger partial charge in [-0.05, 0) is 36.8 Å². The third-order valence-electron chi connectivity index (χ3n) is 3.16. The van der Waals surface area contributed by atoms with E-state index in [2.05, 4.69) is 5.32 Å². The van der Waals surface area contributed by atoms with Gasteiger partial charge in [-0.15, -0.1) is 0 Å². The Hall–Kier alpha value is -2.47. The van der Waals surface area contributed by atoms with Crippen LogP contribution < -0.4 is 5.32 Å². The Balaban J connectivity index is 1.89. The lowest BCUT2D eigenvalue weighted by molar-refractivity contribution is -0.124. The summed E-state index contributed by atoms with van der Waals surface area (Å²) in [6.07, 6.45) is 0. The zero-order valence-electron chi connectivity index (χ0n) is 12.7. The molecule has 0 spiro atoms. The van der Waals surface area contributed by atoms with Crippen molar-refractivity contribution in [2.24, 2.45) is 0 Å². The molecule has 126 valence electrons. The minimum atomic E-state index is -0.987. The van der Waals surface area contributed by atoms with Crippen LogP contribution in [0.3, 0.4) is 0 Å². The normalized spacial score (nSPS) is 11.7. The molecule has 1 N–H and O–H groups in total. The van der Waals surface area contributed by atoms with Gasteiger partial charge in [-0.2, -0.15) is 0 Å². The fourth-order valence-corrected chi connectivity index (χ4v) is 2.23. The zero-order chi connectivity index (χ0) is 17.7. The molecule has 0 fully saturated rings. The van der Waals surface area contributed by atoms with E-state index in [1.807, 2.05) is 0 Å². The van der Waals surface area contributed by atoms with Crippen LogP contribution in [-0.4, -0.2) is 18.5 Å². The van der Waals surface area contributed by atoms with Gasteiger partial charge < -0.3 is 10.1 Å². The number of esters is 1. The molecule has 0 radical (unpaired) electrons. The molecule has 0 saturated carbocycles. The van der Waals surface area contributed by atoms with Gasteiger partial charge in [0.15, 0.2) is 6.61 Å². The average Bonchev–Trinajstić information content (AvgIpc) is 2.51. The number of benzene rings is 2. The van der Waals surface area contributed by atoms with E-state index in [1.54, 1.807) is 31.2 Å². The van der Waals surface area contributed by atoms with Crippen molar-refractivity contribution < 1.29 is 23.1 Å². The Kier molecular flexibility index (Phi) is 5.87. The van der Waals surface area contributed by atoms with Crippen molar-refractivity contribution >= 4 is 23.5 Å². The molecule has 0 saturated heterocycles. The van der Waals surface area contributed by atoms with Crippen LogP contribution in [0.15, 0.2) is 42.5 Å². The van der Waals surface area contributed by atoms with Crippen molar-refractivity contribution in [2.75, 3.05) is 6.61 Å². The van der Waals surface area contributed by atoms with Crippen LogP contribution in [0.25, 0.3) is 0 Å². The summed E-state index contributed by atoms with van der Waals surface area (Å²) < 4.78 is 30.8. The third-order valence-corrected chi connectivity index (χ3v) is 3.39. The topological polar surface area (TPSA) is 55.4 Å². The second kappa shape index (κ2) is 7.88. The van der Waals surface area contributed by atoms with Crippen molar-refractivity contribution in [2.45, 2.75) is 13.0 Å². The molecule has 0 heterocycles. The minimum Gasteiger partial charge on any atom is -0.452 e. The van der Waals surface area contributed by atoms with E-state index in [4.69, 9.17) is 16.3 Å². The van der Waals surface area contributed by atoms with Gasteiger partial charge >= 0.3 is 5.97 Å². The average molecular weight is 354 g/mol. The largest absolute Gasteiger partial charge is 0.452 e. The molecule has 0 unspecified atom stereocenters. The number of amides is 1. The van der Waals surface area contributed by atoms with E-state index in [-0.39, 0.29) is 11.6 Å². The molecule has 0 aromatic heterocycles. The van der Waals surface area contributed by atoms with Gasteiger partial charge in [0.05, 0.1) is 11.6 Å². The number of hydrogen-bond donors (Lipinski definition) is 1. The zero-order valence-corrected chi connectivity index (χ0v) is 13.4. The van der Waals surface area contributed by atoms with E-state index < -0.39 is 30.1 Å². The van der Waals surface area contributed by atoms with Crippen LogP contribution in [-0.2, 0) is 9.53 Å². The smallest absolute Gasteiger partial charge is 0.338 e. The summed E-state index contributed by atoms with van der Waals surface area (Å²) in [5.74, 6) is -3.34.